The topological polar surface area (TPSA) is 71.5 Å². The van der Waals surface area contributed by atoms with Crippen LogP contribution in [-0.4, -0.2) is 33.7 Å². The van der Waals surface area contributed by atoms with Crippen LogP contribution in [0.2, 0.25) is 0 Å². The molecule has 1 aliphatic carbocycles. The van der Waals surface area contributed by atoms with Crippen molar-refractivity contribution in [3.63, 3.8) is 0 Å². The zero-order chi connectivity index (χ0) is 15.7. The molecular weight excluding hydrogens is 334 g/mol. The van der Waals surface area contributed by atoms with E-state index in [-0.39, 0.29) is 15.8 Å². The van der Waals surface area contributed by atoms with Gasteiger partial charge in [-0.3, -0.25) is 0 Å². The first-order chi connectivity index (χ1) is 9.78. The highest BCUT2D eigenvalue weighted by molar-refractivity contribution is 8.14. The summed E-state index contributed by atoms with van der Waals surface area (Å²) in [6.45, 7) is 2.07. The summed E-state index contributed by atoms with van der Waals surface area (Å²) in [5.74, 6) is 0. The van der Waals surface area contributed by atoms with Crippen molar-refractivity contribution in [1.29, 1.82) is 0 Å². The highest BCUT2D eigenvalue weighted by Gasteiger charge is 2.35. The Morgan fingerprint density at radius 2 is 1.62 bits per heavy atom. The van der Waals surface area contributed by atoms with Crippen molar-refractivity contribution in [2.75, 3.05) is 6.54 Å². The van der Waals surface area contributed by atoms with Gasteiger partial charge in [0.05, 0.1) is 0 Å². The first kappa shape index (κ1) is 16.7. The van der Waals surface area contributed by atoms with Gasteiger partial charge in [-0.1, -0.05) is 31.9 Å². The molecule has 0 N–H and O–H groups in total. The maximum absolute atomic E-state index is 12.8. The Morgan fingerprint density at radius 1 is 1.10 bits per heavy atom. The normalized spacial score (nSPS) is 17.5. The first-order valence-electron chi connectivity index (χ1n) is 6.84. The van der Waals surface area contributed by atoms with Crippen LogP contribution < -0.4 is 0 Å². The van der Waals surface area contributed by atoms with Crippen LogP contribution in [0.1, 0.15) is 32.6 Å². The lowest BCUT2D eigenvalue weighted by Gasteiger charge is -2.27. The van der Waals surface area contributed by atoms with Crippen molar-refractivity contribution < 1.29 is 16.8 Å². The van der Waals surface area contributed by atoms with Gasteiger partial charge in [-0.2, -0.15) is 4.31 Å². The highest BCUT2D eigenvalue weighted by Crippen LogP contribution is 2.31. The standard InChI is InChI=1S/C13H18ClNO4S2/c1-2-15(11-7-3-4-8-11)21(18,19)13-10-6-5-9-12(13)20(14,16)17/h5-6,9-11H,2-4,7-8H2,1H3. The summed E-state index contributed by atoms with van der Waals surface area (Å²) in [5.41, 5.74) is 0. The van der Waals surface area contributed by atoms with Crippen LogP contribution in [0.4, 0.5) is 0 Å². The maximum Gasteiger partial charge on any atom is 0.262 e. The molecule has 0 aromatic heterocycles. The predicted octanol–water partition coefficient (Wildman–Crippen LogP) is 2.57. The fraction of sp³-hybridized carbons (Fsp3) is 0.538. The monoisotopic (exact) mass is 351 g/mol. The van der Waals surface area contributed by atoms with E-state index in [1.807, 2.05) is 0 Å². The zero-order valence-corrected chi connectivity index (χ0v) is 14.1. The average molecular weight is 352 g/mol. The second kappa shape index (κ2) is 6.24. The molecule has 5 nitrogen and oxygen atoms in total. The van der Waals surface area contributed by atoms with E-state index in [2.05, 4.69) is 0 Å². The minimum atomic E-state index is -4.12. The van der Waals surface area contributed by atoms with E-state index in [1.165, 1.54) is 28.6 Å². The number of benzene rings is 1. The van der Waals surface area contributed by atoms with Crippen LogP contribution in [0.5, 0.6) is 0 Å². The van der Waals surface area contributed by atoms with Crippen molar-refractivity contribution in [1.82, 2.24) is 4.31 Å². The van der Waals surface area contributed by atoms with Gasteiger partial charge in [-0.05, 0) is 25.0 Å². The highest BCUT2D eigenvalue weighted by atomic mass is 35.7. The molecule has 0 aliphatic heterocycles. The summed E-state index contributed by atoms with van der Waals surface area (Å²) in [7, 11) is -2.63. The Hall–Kier alpha value is -0.630. The minimum Gasteiger partial charge on any atom is -0.207 e. The molecule has 1 aromatic carbocycles. The number of nitrogens with zero attached hydrogens (tertiary/aromatic N) is 1. The summed E-state index contributed by atoms with van der Waals surface area (Å²) in [6, 6.07) is 5.41. The smallest absolute Gasteiger partial charge is 0.207 e. The van der Waals surface area contributed by atoms with Crippen molar-refractivity contribution in [3.8, 4) is 0 Å². The van der Waals surface area contributed by atoms with Gasteiger partial charge >= 0.3 is 0 Å². The third kappa shape index (κ3) is 3.41. The molecule has 2 rings (SSSR count). The fourth-order valence-corrected chi connectivity index (χ4v) is 6.31. The molecular formula is C13H18ClNO4S2. The summed E-state index contributed by atoms with van der Waals surface area (Å²) in [4.78, 5) is -0.600. The molecule has 1 saturated carbocycles. The molecule has 1 aromatic rings. The van der Waals surface area contributed by atoms with Crippen molar-refractivity contribution >= 4 is 29.8 Å². The van der Waals surface area contributed by atoms with Crippen LogP contribution in [-0.2, 0) is 19.1 Å². The number of hydrogen-bond acceptors (Lipinski definition) is 4. The van der Waals surface area contributed by atoms with Crippen LogP contribution >= 0.6 is 10.7 Å². The van der Waals surface area contributed by atoms with E-state index in [4.69, 9.17) is 10.7 Å². The predicted molar refractivity (Wildman–Crippen MR) is 81.3 cm³/mol. The van der Waals surface area contributed by atoms with Crippen LogP contribution in [0.15, 0.2) is 34.1 Å². The fourth-order valence-electron chi connectivity index (χ4n) is 2.81. The van der Waals surface area contributed by atoms with Crippen molar-refractivity contribution in [2.24, 2.45) is 0 Å². The van der Waals surface area contributed by atoms with E-state index in [0.29, 0.717) is 6.54 Å². The minimum absolute atomic E-state index is 0.0638. The molecule has 1 aliphatic rings. The average Bonchev–Trinajstić information content (AvgIpc) is 2.92. The lowest BCUT2D eigenvalue weighted by molar-refractivity contribution is 0.334. The quantitative estimate of drug-likeness (QED) is 0.764. The third-order valence-corrected chi connectivity index (χ3v) is 7.34. The van der Waals surface area contributed by atoms with Gasteiger partial charge in [0.15, 0.2) is 0 Å². The second-order valence-corrected chi connectivity index (χ2v) is 9.42. The van der Waals surface area contributed by atoms with E-state index in [9.17, 15) is 16.8 Å². The molecule has 0 saturated heterocycles. The Balaban J connectivity index is 2.53. The van der Waals surface area contributed by atoms with E-state index in [1.54, 1.807) is 6.92 Å². The molecule has 0 unspecified atom stereocenters. The maximum atomic E-state index is 12.8. The molecule has 0 spiro atoms. The summed E-state index contributed by atoms with van der Waals surface area (Å²) in [5, 5.41) is 0. The largest absolute Gasteiger partial charge is 0.262 e. The molecule has 21 heavy (non-hydrogen) atoms. The number of halogens is 1. The van der Waals surface area contributed by atoms with Gasteiger partial charge in [-0.15, -0.1) is 0 Å². The molecule has 118 valence electrons. The number of rotatable bonds is 5. The van der Waals surface area contributed by atoms with Gasteiger partial charge in [0.1, 0.15) is 9.79 Å². The van der Waals surface area contributed by atoms with Gasteiger partial charge < -0.3 is 0 Å². The second-order valence-electron chi connectivity index (χ2n) is 5.03. The Bertz CT molecular complexity index is 709. The van der Waals surface area contributed by atoms with E-state index in [0.717, 1.165) is 25.7 Å². The molecule has 0 bridgehead atoms. The molecule has 0 heterocycles. The van der Waals surface area contributed by atoms with Crippen LogP contribution in [0, 0.1) is 0 Å². The van der Waals surface area contributed by atoms with Crippen molar-refractivity contribution in [2.45, 2.75) is 48.4 Å². The van der Waals surface area contributed by atoms with Crippen LogP contribution in [0.25, 0.3) is 0 Å². The molecule has 0 atom stereocenters. The van der Waals surface area contributed by atoms with E-state index < -0.39 is 19.1 Å². The molecule has 0 radical (unpaired) electrons. The van der Waals surface area contributed by atoms with Crippen molar-refractivity contribution in [3.05, 3.63) is 24.3 Å². The first-order valence-corrected chi connectivity index (χ1v) is 10.6. The number of hydrogen-bond donors (Lipinski definition) is 0. The summed E-state index contributed by atoms with van der Waals surface area (Å²) < 4.78 is 50.3. The lowest BCUT2D eigenvalue weighted by Crippen LogP contribution is -2.39. The molecule has 1 fully saturated rings. The van der Waals surface area contributed by atoms with Gasteiger partial charge in [0, 0.05) is 23.3 Å². The zero-order valence-electron chi connectivity index (χ0n) is 11.7. The Morgan fingerprint density at radius 3 is 2.10 bits per heavy atom. The SMILES string of the molecule is CCN(C1CCCC1)S(=O)(=O)c1ccccc1S(=O)(=O)Cl. The van der Waals surface area contributed by atoms with Gasteiger partial charge in [0.2, 0.25) is 10.0 Å². The summed E-state index contributed by atoms with van der Waals surface area (Å²) >= 11 is 0. The Labute approximate surface area is 130 Å². The van der Waals surface area contributed by atoms with Crippen LogP contribution in [0.3, 0.4) is 0 Å². The van der Waals surface area contributed by atoms with E-state index >= 15 is 0 Å². The lowest BCUT2D eigenvalue weighted by atomic mass is 10.2. The molecule has 8 heteroatoms. The summed E-state index contributed by atoms with van der Waals surface area (Å²) in [6.07, 6.45) is 3.60. The third-order valence-electron chi connectivity index (χ3n) is 3.74. The Kier molecular flexibility index (Phi) is 4.97. The number of sulfonamides is 1. The van der Waals surface area contributed by atoms with Gasteiger partial charge in [0.25, 0.3) is 9.05 Å². The molecule has 0 amide bonds. The van der Waals surface area contributed by atoms with Gasteiger partial charge in [-0.25, -0.2) is 16.8 Å².